The second-order valence-corrected chi connectivity index (χ2v) is 10.1. The molecule has 1 heterocycles. The first-order valence-electron chi connectivity index (χ1n) is 10.9. The molecule has 25 heavy (non-hydrogen) atoms. The summed E-state index contributed by atoms with van der Waals surface area (Å²) in [5.41, 5.74) is 1.83. The lowest BCUT2D eigenvalue weighted by atomic mass is 9.86. The maximum absolute atomic E-state index is 2.87. The number of rotatable bonds is 6. The van der Waals surface area contributed by atoms with Gasteiger partial charge in [-0.1, -0.05) is 57.6 Å². The van der Waals surface area contributed by atoms with E-state index in [0.717, 1.165) is 23.1 Å². The summed E-state index contributed by atoms with van der Waals surface area (Å²) in [4.78, 5) is 2.87. The first-order chi connectivity index (χ1) is 11.9. The van der Waals surface area contributed by atoms with Gasteiger partial charge in [0.15, 0.2) is 0 Å². The topological polar surface area (TPSA) is 3.24 Å². The van der Waals surface area contributed by atoms with Crippen molar-refractivity contribution in [3.8, 4) is 0 Å². The number of allylic oxidation sites excluding steroid dienone is 2. The first kappa shape index (κ1) is 19.8. The fraction of sp³-hybridized carbons (Fsp3) is 0.913. The maximum Gasteiger partial charge on any atom is 0.0186 e. The third kappa shape index (κ3) is 5.06. The van der Waals surface area contributed by atoms with Gasteiger partial charge in [-0.05, 0) is 69.9 Å². The highest BCUT2D eigenvalue weighted by atomic mass is 32.2. The normalized spacial score (nSPS) is 33.8. The lowest BCUT2D eigenvalue weighted by Crippen LogP contribution is -2.34. The van der Waals surface area contributed by atoms with Crippen LogP contribution < -0.4 is 0 Å². The van der Waals surface area contributed by atoms with Gasteiger partial charge in [0, 0.05) is 17.0 Å². The molecule has 0 aromatic heterocycles. The van der Waals surface area contributed by atoms with E-state index in [2.05, 4.69) is 22.7 Å². The Balaban J connectivity index is 0.00000182. The van der Waals surface area contributed by atoms with Crippen LogP contribution in [-0.2, 0) is 0 Å². The van der Waals surface area contributed by atoms with Gasteiger partial charge in [-0.25, -0.2) is 0 Å². The van der Waals surface area contributed by atoms with Crippen LogP contribution >= 0.6 is 11.8 Å². The molecule has 0 amide bonds. The van der Waals surface area contributed by atoms with Gasteiger partial charge in [0.1, 0.15) is 0 Å². The Morgan fingerprint density at radius 3 is 2.68 bits per heavy atom. The van der Waals surface area contributed by atoms with Crippen LogP contribution in [0.4, 0.5) is 0 Å². The molecule has 0 radical (unpaired) electrons. The van der Waals surface area contributed by atoms with Crippen LogP contribution in [0.3, 0.4) is 0 Å². The molecule has 2 saturated carbocycles. The highest BCUT2D eigenvalue weighted by Gasteiger charge is 2.33. The molecule has 0 spiro atoms. The number of hydrogen-bond acceptors (Lipinski definition) is 2. The summed E-state index contributed by atoms with van der Waals surface area (Å²) in [5, 5.41) is 0.932. The fourth-order valence-electron chi connectivity index (χ4n) is 5.80. The van der Waals surface area contributed by atoms with Gasteiger partial charge < -0.3 is 0 Å². The van der Waals surface area contributed by atoms with Crippen molar-refractivity contribution in [1.82, 2.24) is 4.90 Å². The zero-order valence-corrected chi connectivity index (χ0v) is 16.4. The summed E-state index contributed by atoms with van der Waals surface area (Å²) in [5.74, 6) is 3.42. The van der Waals surface area contributed by atoms with Crippen molar-refractivity contribution in [1.29, 1.82) is 0 Å². The van der Waals surface area contributed by atoms with Crippen molar-refractivity contribution >= 4 is 11.8 Å². The lowest BCUT2D eigenvalue weighted by molar-refractivity contribution is 0.229. The smallest absolute Gasteiger partial charge is 0.0186 e. The summed E-state index contributed by atoms with van der Waals surface area (Å²) >= 11 is 2.34. The van der Waals surface area contributed by atoms with Crippen molar-refractivity contribution < 1.29 is 0 Å². The zero-order valence-electron chi connectivity index (χ0n) is 15.6. The van der Waals surface area contributed by atoms with Crippen LogP contribution in [0.1, 0.15) is 90.9 Å². The van der Waals surface area contributed by atoms with Crippen LogP contribution in [0.5, 0.6) is 0 Å². The molecule has 3 aliphatic carbocycles. The van der Waals surface area contributed by atoms with Gasteiger partial charge in [0.2, 0.25) is 0 Å². The minimum Gasteiger partial charge on any atom is -0.300 e. The Hall–Kier alpha value is 0.0500. The van der Waals surface area contributed by atoms with E-state index in [0.29, 0.717) is 0 Å². The average Bonchev–Trinajstić information content (AvgIpc) is 3.25. The highest BCUT2D eigenvalue weighted by Crippen LogP contribution is 2.44. The zero-order chi connectivity index (χ0) is 16.2. The summed E-state index contributed by atoms with van der Waals surface area (Å²) in [6, 6.07) is 0.895. The Morgan fingerprint density at radius 2 is 1.80 bits per heavy atom. The number of fused-ring (bicyclic) bond motifs is 1. The molecule has 0 N–H and O–H groups in total. The summed E-state index contributed by atoms with van der Waals surface area (Å²) in [7, 11) is 0. The molecule has 1 aliphatic heterocycles. The third-order valence-corrected chi connectivity index (χ3v) is 8.85. The average molecular weight is 364 g/mol. The monoisotopic (exact) mass is 363 g/mol. The van der Waals surface area contributed by atoms with E-state index in [1.54, 1.807) is 0 Å². The highest BCUT2D eigenvalue weighted by molar-refractivity contribution is 8.00. The Kier molecular flexibility index (Phi) is 7.79. The fourth-order valence-corrected chi connectivity index (χ4v) is 7.42. The minimum atomic E-state index is 0. The predicted octanol–water partition coefficient (Wildman–Crippen LogP) is 6.68. The van der Waals surface area contributed by atoms with E-state index >= 15 is 0 Å². The van der Waals surface area contributed by atoms with Gasteiger partial charge in [-0.15, -0.1) is 0 Å². The largest absolute Gasteiger partial charge is 0.300 e. The molecule has 4 aliphatic rings. The van der Waals surface area contributed by atoms with Crippen molar-refractivity contribution in [2.24, 2.45) is 11.8 Å². The van der Waals surface area contributed by atoms with E-state index < -0.39 is 0 Å². The van der Waals surface area contributed by atoms with Crippen LogP contribution in [0, 0.1) is 11.8 Å². The SMILES string of the molecule is C.C1=C2CCCCC2C(SCC2CCCN2CCC2CCCCC2)C1. The van der Waals surface area contributed by atoms with Gasteiger partial charge in [-0.3, -0.25) is 4.90 Å². The number of nitrogens with zero attached hydrogens (tertiary/aromatic N) is 1. The molecule has 0 aromatic carbocycles. The third-order valence-electron chi connectivity index (χ3n) is 7.32. The minimum absolute atomic E-state index is 0. The van der Waals surface area contributed by atoms with Crippen LogP contribution in [0.15, 0.2) is 11.6 Å². The molecule has 2 heteroatoms. The van der Waals surface area contributed by atoms with Gasteiger partial charge >= 0.3 is 0 Å². The van der Waals surface area contributed by atoms with Gasteiger partial charge in [0.05, 0.1) is 0 Å². The number of likely N-dealkylation sites (tertiary alicyclic amines) is 1. The molecule has 3 fully saturated rings. The van der Waals surface area contributed by atoms with Crippen molar-refractivity contribution in [3.05, 3.63) is 11.6 Å². The van der Waals surface area contributed by atoms with Crippen molar-refractivity contribution in [2.45, 2.75) is 102 Å². The van der Waals surface area contributed by atoms with Crippen molar-refractivity contribution in [3.63, 3.8) is 0 Å². The number of thioether (sulfide) groups is 1. The van der Waals surface area contributed by atoms with E-state index in [1.165, 1.54) is 102 Å². The quantitative estimate of drug-likeness (QED) is 0.484. The molecule has 0 aromatic rings. The lowest BCUT2D eigenvalue weighted by Gasteiger charge is -2.30. The second kappa shape index (κ2) is 9.83. The van der Waals surface area contributed by atoms with Crippen LogP contribution in [-0.4, -0.2) is 35.0 Å². The Bertz CT molecular complexity index is 426. The molecular formula is C23H41NS. The predicted molar refractivity (Wildman–Crippen MR) is 113 cm³/mol. The molecule has 3 atom stereocenters. The Morgan fingerprint density at radius 1 is 0.960 bits per heavy atom. The first-order valence-corrected chi connectivity index (χ1v) is 12.0. The van der Waals surface area contributed by atoms with E-state index in [-0.39, 0.29) is 7.43 Å². The molecule has 1 saturated heterocycles. The molecule has 1 nitrogen and oxygen atoms in total. The second-order valence-electron chi connectivity index (χ2n) is 8.86. The van der Waals surface area contributed by atoms with Crippen LogP contribution in [0.25, 0.3) is 0 Å². The number of hydrogen-bond donors (Lipinski definition) is 0. The van der Waals surface area contributed by atoms with E-state index in [1.807, 2.05) is 5.57 Å². The van der Waals surface area contributed by atoms with Gasteiger partial charge in [0.25, 0.3) is 0 Å². The van der Waals surface area contributed by atoms with E-state index in [9.17, 15) is 0 Å². The standard InChI is InChI=1S/C22H37NS.CH4/c1-2-7-18(8-3-1)14-16-23-15-6-10-20(23)17-24-22-13-12-19-9-4-5-11-21(19)22;/h12,18,20-22H,1-11,13-17H2;1H4. The maximum atomic E-state index is 2.87. The summed E-state index contributed by atoms with van der Waals surface area (Å²) < 4.78 is 0. The Labute approximate surface area is 161 Å². The van der Waals surface area contributed by atoms with Crippen molar-refractivity contribution in [2.75, 3.05) is 18.8 Å². The molecule has 3 unspecified atom stereocenters. The summed E-state index contributed by atoms with van der Waals surface area (Å²) in [6.45, 7) is 2.78. The summed E-state index contributed by atoms with van der Waals surface area (Å²) in [6.07, 6.45) is 21.8. The molecule has 4 rings (SSSR count). The molecule has 144 valence electrons. The van der Waals surface area contributed by atoms with E-state index in [4.69, 9.17) is 0 Å². The molecular weight excluding hydrogens is 322 g/mol. The van der Waals surface area contributed by atoms with Gasteiger partial charge in [-0.2, -0.15) is 11.8 Å². The van der Waals surface area contributed by atoms with Crippen LogP contribution in [0.2, 0.25) is 0 Å². The molecule has 0 bridgehead atoms.